The van der Waals surface area contributed by atoms with Crippen molar-refractivity contribution in [3.63, 3.8) is 0 Å². The molecule has 0 bridgehead atoms. The highest BCUT2D eigenvalue weighted by atomic mass is 16.5. The number of amides is 2. The molecule has 0 atom stereocenters. The average molecular weight is 406 g/mol. The fraction of sp³-hybridized carbons (Fsp3) is 0.333. The molecule has 0 saturated carbocycles. The van der Waals surface area contributed by atoms with E-state index in [1.165, 1.54) is 0 Å². The van der Waals surface area contributed by atoms with Crippen LogP contribution in [0.5, 0.6) is 11.5 Å². The molecule has 6 nitrogen and oxygen atoms in total. The number of hydrogen-bond donors (Lipinski definition) is 1. The zero-order valence-corrected chi connectivity index (χ0v) is 17.4. The second kappa shape index (κ2) is 7.86. The number of carbonyl (C=O) groups is 2. The van der Waals surface area contributed by atoms with Crippen molar-refractivity contribution in [2.45, 2.75) is 32.3 Å². The Morgan fingerprint density at radius 2 is 1.97 bits per heavy atom. The van der Waals surface area contributed by atoms with Crippen LogP contribution in [0.1, 0.15) is 41.8 Å². The van der Waals surface area contributed by atoms with Gasteiger partial charge in [-0.1, -0.05) is 36.9 Å². The van der Waals surface area contributed by atoms with Gasteiger partial charge >= 0.3 is 0 Å². The van der Waals surface area contributed by atoms with Gasteiger partial charge in [0.25, 0.3) is 5.91 Å². The van der Waals surface area contributed by atoms with E-state index in [0.717, 1.165) is 23.3 Å². The molecule has 2 amide bonds. The van der Waals surface area contributed by atoms with Gasteiger partial charge < -0.3 is 19.7 Å². The number of nitrogens with zero attached hydrogens (tertiary/aromatic N) is 1. The molecular weight excluding hydrogens is 380 g/mol. The topological polar surface area (TPSA) is 67.9 Å². The molecule has 0 unspecified atom stereocenters. The summed E-state index contributed by atoms with van der Waals surface area (Å²) in [5, 5.41) is 2.84. The zero-order chi connectivity index (χ0) is 21.3. The molecule has 4 rings (SSSR count). The van der Waals surface area contributed by atoms with Crippen LogP contribution in [0.3, 0.4) is 0 Å². The third kappa shape index (κ3) is 3.90. The van der Waals surface area contributed by atoms with Gasteiger partial charge in [0.1, 0.15) is 12.2 Å². The first-order chi connectivity index (χ1) is 14.4. The first-order valence-corrected chi connectivity index (χ1v) is 10.2. The quantitative estimate of drug-likeness (QED) is 0.716. The third-order valence-corrected chi connectivity index (χ3v) is 5.34. The van der Waals surface area contributed by atoms with Gasteiger partial charge in [-0.2, -0.15) is 0 Å². The van der Waals surface area contributed by atoms with Crippen LogP contribution >= 0.6 is 0 Å². The van der Waals surface area contributed by atoms with E-state index in [2.05, 4.69) is 25.7 Å². The normalized spacial score (nSPS) is 16.1. The van der Waals surface area contributed by atoms with Gasteiger partial charge in [-0.15, -0.1) is 0 Å². The van der Waals surface area contributed by atoms with Crippen LogP contribution in [0.4, 0.5) is 0 Å². The fourth-order valence-corrected chi connectivity index (χ4v) is 3.93. The maximum absolute atomic E-state index is 12.5. The summed E-state index contributed by atoms with van der Waals surface area (Å²) in [5.74, 6) is 1.25. The maximum atomic E-state index is 12.5. The number of nitrogens with one attached hydrogen (secondary N) is 1. The van der Waals surface area contributed by atoms with Crippen molar-refractivity contribution in [2.75, 3.05) is 19.7 Å². The van der Waals surface area contributed by atoms with E-state index in [0.29, 0.717) is 36.7 Å². The molecule has 2 aromatic rings. The smallest absolute Gasteiger partial charge is 0.258 e. The summed E-state index contributed by atoms with van der Waals surface area (Å²) in [6.45, 7) is 9.11. The maximum Gasteiger partial charge on any atom is 0.258 e. The van der Waals surface area contributed by atoms with E-state index in [9.17, 15) is 9.59 Å². The van der Waals surface area contributed by atoms with E-state index in [1.54, 1.807) is 11.0 Å². The molecule has 30 heavy (non-hydrogen) atoms. The molecule has 0 aromatic heterocycles. The van der Waals surface area contributed by atoms with Gasteiger partial charge in [0.15, 0.2) is 11.5 Å². The van der Waals surface area contributed by atoms with Crippen LogP contribution in [0, 0.1) is 0 Å². The Morgan fingerprint density at radius 3 is 2.73 bits per heavy atom. The fourth-order valence-electron chi connectivity index (χ4n) is 3.93. The van der Waals surface area contributed by atoms with Crippen molar-refractivity contribution >= 4 is 17.5 Å². The number of carbonyl (C=O) groups excluding carboxylic acids is 2. The predicted octanol–water partition coefficient (Wildman–Crippen LogP) is 3.41. The van der Waals surface area contributed by atoms with Crippen LogP contribution in [0.25, 0.3) is 5.70 Å². The lowest BCUT2D eigenvalue weighted by Gasteiger charge is -2.18. The average Bonchev–Trinajstić information content (AvgIpc) is 3.17. The van der Waals surface area contributed by atoms with Crippen molar-refractivity contribution in [3.8, 4) is 11.5 Å². The first kappa shape index (κ1) is 20.0. The number of ether oxygens (including phenoxy) is 2. The molecule has 0 fully saturated rings. The third-order valence-electron chi connectivity index (χ3n) is 5.34. The van der Waals surface area contributed by atoms with E-state index >= 15 is 0 Å². The summed E-state index contributed by atoms with van der Waals surface area (Å²) in [7, 11) is 0. The minimum absolute atomic E-state index is 0.104. The number of rotatable bonds is 7. The second-order valence-corrected chi connectivity index (χ2v) is 8.18. The Hall–Kier alpha value is -3.28. The largest absolute Gasteiger partial charge is 0.488 e. The van der Waals surface area contributed by atoms with Crippen LogP contribution in [-0.4, -0.2) is 42.0 Å². The molecule has 2 aromatic carbocycles. The summed E-state index contributed by atoms with van der Waals surface area (Å²) in [6, 6.07) is 13.2. The molecule has 6 heteroatoms. The lowest BCUT2D eigenvalue weighted by Crippen LogP contribution is -2.32. The number of hydrogen-bond acceptors (Lipinski definition) is 4. The minimum atomic E-state index is -0.229. The summed E-state index contributed by atoms with van der Waals surface area (Å²) < 4.78 is 11.8. The number of fused-ring (bicyclic) bond motifs is 2. The summed E-state index contributed by atoms with van der Waals surface area (Å²) >= 11 is 0. The van der Waals surface area contributed by atoms with E-state index in [4.69, 9.17) is 9.47 Å². The van der Waals surface area contributed by atoms with Gasteiger partial charge in [0, 0.05) is 41.8 Å². The van der Waals surface area contributed by atoms with Crippen molar-refractivity contribution in [2.24, 2.45) is 0 Å². The second-order valence-electron chi connectivity index (χ2n) is 8.18. The number of para-hydroxylation sites is 1. The zero-order valence-electron chi connectivity index (χ0n) is 17.4. The molecule has 2 aliphatic rings. The van der Waals surface area contributed by atoms with Crippen molar-refractivity contribution in [3.05, 3.63) is 65.7 Å². The van der Waals surface area contributed by atoms with Crippen molar-refractivity contribution in [1.82, 2.24) is 10.2 Å². The highest BCUT2D eigenvalue weighted by Gasteiger charge is 2.32. The molecule has 0 saturated heterocycles. The van der Waals surface area contributed by atoms with E-state index in [-0.39, 0.29) is 23.8 Å². The first-order valence-electron chi connectivity index (χ1n) is 10.2. The van der Waals surface area contributed by atoms with E-state index in [1.807, 2.05) is 36.4 Å². The Bertz CT molecular complexity index is 977. The molecule has 2 heterocycles. The lowest BCUT2D eigenvalue weighted by molar-refractivity contribution is -0.121. The van der Waals surface area contributed by atoms with Gasteiger partial charge in [0.2, 0.25) is 5.91 Å². The highest BCUT2D eigenvalue weighted by Crippen LogP contribution is 2.41. The summed E-state index contributed by atoms with van der Waals surface area (Å²) in [6.07, 6.45) is 1.05. The number of benzene rings is 2. The van der Waals surface area contributed by atoms with Crippen molar-refractivity contribution < 1.29 is 19.1 Å². The predicted molar refractivity (Wildman–Crippen MR) is 114 cm³/mol. The standard InChI is InChI=1S/C24H26N2O4/c1-16-18-8-4-5-9-19(18)23(28)26(16)13-11-21(27)25-12-14-29-20-10-6-7-17-15-24(2,3)30-22(17)20/h4-10H,1,11-15H2,2-3H3,(H,25,27). The Morgan fingerprint density at radius 1 is 1.20 bits per heavy atom. The van der Waals surface area contributed by atoms with Crippen molar-refractivity contribution in [1.29, 1.82) is 0 Å². The van der Waals surface area contributed by atoms with Crippen LogP contribution in [-0.2, 0) is 11.2 Å². The minimum Gasteiger partial charge on any atom is -0.488 e. The van der Waals surface area contributed by atoms with Gasteiger partial charge in [0.05, 0.1) is 6.54 Å². The van der Waals surface area contributed by atoms with E-state index < -0.39 is 0 Å². The Labute approximate surface area is 176 Å². The monoisotopic (exact) mass is 406 g/mol. The molecule has 1 N–H and O–H groups in total. The Balaban J connectivity index is 1.22. The molecule has 0 radical (unpaired) electrons. The van der Waals surface area contributed by atoms with Crippen LogP contribution in [0.15, 0.2) is 49.0 Å². The van der Waals surface area contributed by atoms with Gasteiger partial charge in [-0.05, 0) is 26.0 Å². The SMILES string of the molecule is C=C1c2ccccc2C(=O)N1CCC(=O)NCCOc1cccc2c1OC(C)(C)C2. The summed E-state index contributed by atoms with van der Waals surface area (Å²) in [4.78, 5) is 26.3. The summed E-state index contributed by atoms with van der Waals surface area (Å²) in [5.41, 5.74) is 3.02. The van der Waals surface area contributed by atoms with Crippen LogP contribution < -0.4 is 14.8 Å². The van der Waals surface area contributed by atoms with Gasteiger partial charge in [-0.25, -0.2) is 0 Å². The highest BCUT2D eigenvalue weighted by molar-refractivity contribution is 6.08. The lowest BCUT2D eigenvalue weighted by atomic mass is 10.0. The van der Waals surface area contributed by atoms with Crippen LogP contribution in [0.2, 0.25) is 0 Å². The molecule has 156 valence electrons. The molecular formula is C24H26N2O4. The Kier molecular flexibility index (Phi) is 5.24. The van der Waals surface area contributed by atoms with Gasteiger partial charge in [-0.3, -0.25) is 9.59 Å². The molecule has 0 spiro atoms. The molecule has 2 aliphatic heterocycles. The molecule has 0 aliphatic carbocycles.